The number of ether oxygens (including phenoxy) is 8. The molecule has 4 aliphatic rings. The van der Waals surface area contributed by atoms with Gasteiger partial charge in [-0.3, -0.25) is 14.4 Å². The molecule has 14 nitrogen and oxygen atoms in total. The largest absolute Gasteiger partial charge is 0.632 e. The van der Waals surface area contributed by atoms with Crippen molar-refractivity contribution in [2.45, 2.75) is 67.1 Å². The molecule has 0 saturated carbocycles. The Balaban J connectivity index is 0.00000216. The quantitative estimate of drug-likeness (QED) is 0.375. The molecule has 4 aliphatic heterocycles. The van der Waals surface area contributed by atoms with E-state index in [0.29, 0.717) is 0 Å². The van der Waals surface area contributed by atoms with Gasteiger partial charge in [0.2, 0.25) is 18.3 Å². The summed E-state index contributed by atoms with van der Waals surface area (Å²) < 4.78 is 45.3. The third kappa shape index (κ3) is 4.86. The van der Waals surface area contributed by atoms with Gasteiger partial charge >= 0.3 is 0 Å². The van der Waals surface area contributed by atoms with Crippen LogP contribution >= 0.6 is 0 Å². The minimum atomic E-state index is -1.65. The van der Waals surface area contributed by atoms with Gasteiger partial charge in [-0.05, 0) is 20.8 Å². The zero-order valence-corrected chi connectivity index (χ0v) is 28.8. The van der Waals surface area contributed by atoms with Crippen LogP contribution in [0, 0.1) is 0 Å². The van der Waals surface area contributed by atoms with E-state index < -0.39 is 64.6 Å². The van der Waals surface area contributed by atoms with Crippen molar-refractivity contribution in [1.82, 2.24) is 0 Å². The van der Waals surface area contributed by atoms with Crippen molar-refractivity contribution in [1.29, 1.82) is 0 Å². The summed E-state index contributed by atoms with van der Waals surface area (Å²) in [5.74, 6) is 0. The van der Waals surface area contributed by atoms with Gasteiger partial charge in [0.15, 0.2) is 28.0 Å². The number of rotatable bonds is 5. The molecule has 3 radical (unpaired) electrons. The molecule has 4 fully saturated rings. The fourth-order valence-corrected chi connectivity index (χ4v) is 5.70. The minimum absolute atomic E-state index is 0. The van der Waals surface area contributed by atoms with Crippen LogP contribution in [0.2, 0.25) is 0 Å². The zero-order valence-electron chi connectivity index (χ0n) is 20.3. The first-order valence-corrected chi connectivity index (χ1v) is 10.2. The van der Waals surface area contributed by atoms with Crippen molar-refractivity contribution in [3.05, 3.63) is 17.2 Å². The Kier molecular flexibility index (Phi) is 11.5. The van der Waals surface area contributed by atoms with Crippen molar-refractivity contribution < 1.29 is 150 Å². The van der Waals surface area contributed by atoms with E-state index in [0.717, 1.165) is 0 Å². The molecule has 8 atom stereocenters. The number of hydrogen-bond donors (Lipinski definition) is 0. The molecular weight excluding hydrogens is 713 g/mol. The van der Waals surface area contributed by atoms with E-state index in [1.165, 1.54) is 21.0 Å². The van der Waals surface area contributed by atoms with Crippen LogP contribution in [-0.2, 0) is 136 Å². The van der Waals surface area contributed by atoms with Gasteiger partial charge < -0.3 is 55.1 Å². The normalized spacial score (nSPS) is 44.2. The van der Waals surface area contributed by atoms with Gasteiger partial charge in [0, 0.05) is 105 Å². The van der Waals surface area contributed by atoms with E-state index in [2.05, 4.69) is 0 Å². The fourth-order valence-electron chi connectivity index (χ4n) is 5.70. The van der Waals surface area contributed by atoms with Gasteiger partial charge in [0.25, 0.3) is 0 Å². The Labute approximate surface area is 283 Å². The summed E-state index contributed by atoms with van der Waals surface area (Å²) >= 11 is 0. The summed E-state index contributed by atoms with van der Waals surface area (Å²) in [5, 5.41) is 0. The van der Waals surface area contributed by atoms with E-state index in [4.69, 9.17) is 55.1 Å². The van der Waals surface area contributed by atoms with Gasteiger partial charge in [0.05, 0.1) is 26.4 Å². The fraction of sp³-hybridized carbons (Fsp3) is 0.842. The molecule has 8 unspecified atom stereocenters. The van der Waals surface area contributed by atoms with Crippen molar-refractivity contribution in [3.8, 4) is 0 Å². The van der Waals surface area contributed by atoms with Crippen LogP contribution in [0.3, 0.4) is 0 Å². The molecule has 0 aliphatic carbocycles. The van der Waals surface area contributed by atoms with E-state index in [-0.39, 0.29) is 125 Å². The summed E-state index contributed by atoms with van der Waals surface area (Å²) in [6, 6.07) is 0. The van der Waals surface area contributed by atoms with E-state index in [1.54, 1.807) is 6.92 Å². The second-order valence-electron chi connectivity index (χ2n) is 9.25. The minimum Gasteiger partial charge on any atom is -0.632 e. The molecule has 0 aromatic heterocycles. The van der Waals surface area contributed by atoms with Gasteiger partial charge in [-0.2, -0.15) is 0 Å². The Bertz CT molecular complexity index is 889. The third-order valence-corrected chi connectivity index (χ3v) is 7.25. The zero-order chi connectivity index (χ0) is 24.4. The van der Waals surface area contributed by atoms with Crippen LogP contribution in [0.25, 0.3) is 17.2 Å². The van der Waals surface area contributed by atoms with Gasteiger partial charge in [0.1, 0.15) is 18.3 Å². The molecule has 195 valence electrons. The monoisotopic (exact) mass is 739 g/mol. The predicted octanol–water partition coefficient (Wildman–Crippen LogP) is 2.17. The summed E-state index contributed by atoms with van der Waals surface area (Å²) in [6.45, 7) is 4.21. The molecule has 3 amide bonds. The molecule has 3 N–H and O–H groups in total. The van der Waals surface area contributed by atoms with Gasteiger partial charge in [-0.25, -0.2) is 0 Å². The molecule has 4 saturated heterocycles. The van der Waals surface area contributed by atoms with Crippen LogP contribution < -0.4 is 0 Å². The maximum atomic E-state index is 11.7. The van der Waals surface area contributed by atoms with E-state index >= 15 is 0 Å². The molecule has 0 bridgehead atoms. The van der Waals surface area contributed by atoms with Crippen LogP contribution in [0.1, 0.15) is 20.8 Å². The summed E-state index contributed by atoms with van der Waals surface area (Å²) in [4.78, 5) is 34.6. The second kappa shape index (κ2) is 11.8. The van der Waals surface area contributed by atoms with Crippen LogP contribution in [0.4, 0.5) is 14.4 Å². The van der Waals surface area contributed by atoms with Crippen molar-refractivity contribution in [2.24, 2.45) is 0 Å². The average molecular weight is 739 g/mol. The first-order chi connectivity index (χ1) is 15.3. The molecule has 4 heterocycles. The Hall–Kier alpha value is 0.922. The molecule has 2 spiro atoms. The van der Waals surface area contributed by atoms with Crippen molar-refractivity contribution >= 4 is 18.3 Å². The molecule has 4 rings (SSSR count). The van der Waals surface area contributed by atoms with Crippen molar-refractivity contribution in [2.75, 3.05) is 33.5 Å². The van der Waals surface area contributed by atoms with Crippen LogP contribution in [0.5, 0.6) is 0 Å². The summed E-state index contributed by atoms with van der Waals surface area (Å²) in [6.07, 6.45) is -6.80. The number of nitrogens with one attached hydrogen (secondary N) is 3. The Morgan fingerprint density at radius 3 is 1.64 bits per heavy atom. The number of fused-ring (bicyclic) bond motifs is 1. The molecule has 17 heteroatoms. The predicted molar refractivity (Wildman–Crippen MR) is 105 cm³/mol. The maximum Gasteiger partial charge on any atom is 0.227 e. The van der Waals surface area contributed by atoms with E-state index in [1.807, 2.05) is 0 Å². The Morgan fingerprint density at radius 1 is 0.750 bits per heavy atom. The van der Waals surface area contributed by atoms with Crippen LogP contribution in [0.15, 0.2) is 0 Å². The van der Waals surface area contributed by atoms with E-state index in [9.17, 15) is 14.4 Å². The second-order valence-corrected chi connectivity index (χ2v) is 9.25. The molecule has 0 aromatic rings. The van der Waals surface area contributed by atoms with Crippen LogP contribution in [-0.4, -0.2) is 98.1 Å². The van der Waals surface area contributed by atoms with Gasteiger partial charge in [-0.1, -0.05) is 0 Å². The number of carbonyl (C=O) groups excluding carboxylic acids is 3. The van der Waals surface area contributed by atoms with Gasteiger partial charge in [-0.15, -0.1) is 0 Å². The molecule has 36 heavy (non-hydrogen) atoms. The SMILES string of the molecule is COC1C(C2OCC2(C)OC([NH-])=O)OCC2(OCC2(C)OC([NH-])=O)C12OCC2(C)OC([NH-])=O.[Y].[Y].[Y]. The standard InChI is InChI=1S/C19H29N3O11.3Y/c1-15(31-12(20)23)5-28-10(15)9-11(26-4)19(17(3,7-30-19)33-14(22)25)18(8-27-9)16(2,6-29-18)32-13(21)24;;;/h9-11H,5-8H2,1-4H3,(H6,20,21,22,23,24,25);;;/p-3. The maximum absolute atomic E-state index is 11.7. The Morgan fingerprint density at radius 2 is 1.28 bits per heavy atom. The number of carbonyl (C=O) groups is 3. The number of amides is 3. The number of hydrogen-bond acceptors (Lipinski definition) is 11. The van der Waals surface area contributed by atoms with Crippen molar-refractivity contribution in [3.63, 3.8) is 0 Å². The first-order valence-electron chi connectivity index (χ1n) is 10.2. The topological polar surface area (TPSA) is 196 Å². The smallest absolute Gasteiger partial charge is 0.227 e. The average Bonchev–Trinajstić information content (AvgIpc) is 2.69. The number of methoxy groups -OCH3 is 1. The summed E-state index contributed by atoms with van der Waals surface area (Å²) in [7, 11) is 1.35. The molecular formula is C19H26N3O11Y3-3. The molecule has 0 aromatic carbocycles. The summed E-state index contributed by atoms with van der Waals surface area (Å²) in [5.41, 5.74) is 14.6. The third-order valence-electron chi connectivity index (χ3n) is 7.25. The first kappa shape index (κ1) is 34.9.